The van der Waals surface area contributed by atoms with Gasteiger partial charge in [0.25, 0.3) is 0 Å². The smallest absolute Gasteiger partial charge is 0.326 e. The summed E-state index contributed by atoms with van der Waals surface area (Å²) in [5, 5.41) is 17.6. The summed E-state index contributed by atoms with van der Waals surface area (Å²) in [5.41, 5.74) is 6.87. The number of thioether (sulfide) groups is 1. The molecule has 0 aliphatic heterocycles. The third kappa shape index (κ3) is 10.2. The number of benzene rings is 1. The molecule has 6 unspecified atom stereocenters. The van der Waals surface area contributed by atoms with Crippen LogP contribution in [0.5, 0.6) is 0 Å². The molecule has 36 heavy (non-hydrogen) atoms. The number of nitrogens with two attached hydrogens (primary N) is 1. The van der Waals surface area contributed by atoms with Crippen LogP contribution in [0.4, 0.5) is 0 Å². The van der Waals surface area contributed by atoms with Gasteiger partial charge in [-0.15, -0.1) is 0 Å². The van der Waals surface area contributed by atoms with E-state index in [1.165, 1.54) is 11.8 Å². The first-order valence-corrected chi connectivity index (χ1v) is 13.9. The van der Waals surface area contributed by atoms with E-state index in [9.17, 15) is 24.3 Å². The predicted octanol–water partition coefficient (Wildman–Crippen LogP) is 1.94. The fourth-order valence-corrected chi connectivity index (χ4v) is 4.02. The number of hydrogen-bond acceptors (Lipinski definition) is 6. The maximum Gasteiger partial charge on any atom is 0.326 e. The summed E-state index contributed by atoms with van der Waals surface area (Å²) in [6.07, 6.45) is 3.61. The number of hydrogen-bond donors (Lipinski definition) is 5. The lowest BCUT2D eigenvalue weighted by atomic mass is 9.95. The van der Waals surface area contributed by atoms with Crippen LogP contribution in [-0.4, -0.2) is 65.0 Å². The van der Waals surface area contributed by atoms with E-state index in [4.69, 9.17) is 5.73 Å². The third-order valence-corrected chi connectivity index (χ3v) is 7.14. The molecular weight excluding hydrogens is 480 g/mol. The average molecular weight is 523 g/mol. The molecule has 6 N–H and O–H groups in total. The molecule has 6 atom stereocenters. The Morgan fingerprint density at radius 2 is 1.47 bits per heavy atom. The summed E-state index contributed by atoms with van der Waals surface area (Å²) in [4.78, 5) is 51.0. The first-order valence-electron chi connectivity index (χ1n) is 12.5. The van der Waals surface area contributed by atoms with Crippen molar-refractivity contribution in [2.24, 2.45) is 17.6 Å². The quantitative estimate of drug-likeness (QED) is 0.223. The summed E-state index contributed by atoms with van der Waals surface area (Å²) < 4.78 is 0. The van der Waals surface area contributed by atoms with Gasteiger partial charge in [-0.2, -0.15) is 11.8 Å². The summed E-state index contributed by atoms with van der Waals surface area (Å²) in [5.74, 6) is -2.37. The summed E-state index contributed by atoms with van der Waals surface area (Å²) in [7, 11) is 0. The number of rotatable bonds is 16. The number of carbonyl (C=O) groups is 4. The Morgan fingerprint density at radius 3 is 2.00 bits per heavy atom. The van der Waals surface area contributed by atoms with Crippen LogP contribution in [0.3, 0.4) is 0 Å². The second-order valence-electron chi connectivity index (χ2n) is 9.21. The summed E-state index contributed by atoms with van der Waals surface area (Å²) in [6, 6.07) is 5.39. The van der Waals surface area contributed by atoms with Gasteiger partial charge < -0.3 is 26.8 Å². The van der Waals surface area contributed by atoms with E-state index >= 15 is 0 Å². The van der Waals surface area contributed by atoms with Crippen LogP contribution >= 0.6 is 11.8 Å². The fourth-order valence-electron chi connectivity index (χ4n) is 3.55. The van der Waals surface area contributed by atoms with Crippen molar-refractivity contribution in [2.75, 3.05) is 12.0 Å². The Labute approximate surface area is 218 Å². The number of aliphatic carboxylic acids is 1. The molecule has 0 bridgehead atoms. The van der Waals surface area contributed by atoms with Crippen molar-refractivity contribution in [3.63, 3.8) is 0 Å². The van der Waals surface area contributed by atoms with Crippen molar-refractivity contribution < 1.29 is 24.3 Å². The molecule has 0 radical (unpaired) electrons. The Kier molecular flexibility index (Phi) is 14.2. The maximum absolute atomic E-state index is 13.4. The van der Waals surface area contributed by atoms with E-state index < -0.39 is 47.9 Å². The molecule has 1 rings (SSSR count). The zero-order chi connectivity index (χ0) is 27.3. The van der Waals surface area contributed by atoms with Crippen molar-refractivity contribution in [1.29, 1.82) is 0 Å². The Balaban J connectivity index is 3.14. The molecule has 0 fully saturated rings. The molecule has 0 aliphatic carbocycles. The van der Waals surface area contributed by atoms with Crippen LogP contribution in [0, 0.1) is 11.8 Å². The Hall–Kier alpha value is -2.59. The molecule has 3 amide bonds. The van der Waals surface area contributed by atoms with Crippen LogP contribution in [0.2, 0.25) is 0 Å². The topological polar surface area (TPSA) is 151 Å². The van der Waals surface area contributed by atoms with Gasteiger partial charge in [0.15, 0.2) is 0 Å². The molecule has 9 nitrogen and oxygen atoms in total. The van der Waals surface area contributed by atoms with E-state index in [0.717, 1.165) is 12.0 Å². The highest BCUT2D eigenvalue weighted by atomic mass is 32.2. The Bertz CT molecular complexity index is 854. The lowest BCUT2D eigenvalue weighted by molar-refractivity contribution is -0.142. The number of carboxylic acids is 1. The highest BCUT2D eigenvalue weighted by Gasteiger charge is 2.33. The van der Waals surface area contributed by atoms with Crippen molar-refractivity contribution in [3.05, 3.63) is 35.9 Å². The van der Waals surface area contributed by atoms with Gasteiger partial charge in [-0.1, -0.05) is 70.9 Å². The number of nitrogens with one attached hydrogen (secondary N) is 3. The molecule has 10 heteroatoms. The van der Waals surface area contributed by atoms with E-state index in [0.29, 0.717) is 12.2 Å². The Morgan fingerprint density at radius 1 is 0.889 bits per heavy atom. The molecule has 1 aromatic carbocycles. The van der Waals surface area contributed by atoms with Crippen molar-refractivity contribution in [1.82, 2.24) is 16.0 Å². The zero-order valence-electron chi connectivity index (χ0n) is 22.0. The van der Waals surface area contributed by atoms with Crippen LogP contribution in [0.1, 0.15) is 52.5 Å². The largest absolute Gasteiger partial charge is 0.480 e. The first kappa shape index (κ1) is 31.4. The maximum atomic E-state index is 13.4. The lowest BCUT2D eigenvalue weighted by Gasteiger charge is -2.29. The molecule has 0 aliphatic rings. The van der Waals surface area contributed by atoms with E-state index in [-0.39, 0.29) is 24.7 Å². The molecule has 0 aromatic heterocycles. The molecular formula is C26H42N4O5S. The molecule has 202 valence electrons. The van der Waals surface area contributed by atoms with Gasteiger partial charge in [-0.25, -0.2) is 4.79 Å². The molecule has 1 aromatic rings. The lowest BCUT2D eigenvalue weighted by Crippen LogP contribution is -2.59. The predicted molar refractivity (Wildman–Crippen MR) is 143 cm³/mol. The van der Waals surface area contributed by atoms with Gasteiger partial charge >= 0.3 is 5.97 Å². The van der Waals surface area contributed by atoms with Crippen LogP contribution in [0.15, 0.2) is 30.3 Å². The van der Waals surface area contributed by atoms with Gasteiger partial charge in [0.2, 0.25) is 17.7 Å². The van der Waals surface area contributed by atoms with Crippen molar-refractivity contribution in [2.45, 2.75) is 77.5 Å². The third-order valence-electron chi connectivity index (χ3n) is 6.49. The van der Waals surface area contributed by atoms with Crippen LogP contribution < -0.4 is 21.7 Å². The molecule has 0 saturated heterocycles. The minimum atomic E-state index is -1.13. The highest BCUT2D eigenvalue weighted by Crippen LogP contribution is 2.12. The minimum Gasteiger partial charge on any atom is -0.480 e. The van der Waals surface area contributed by atoms with Crippen LogP contribution in [-0.2, 0) is 25.6 Å². The van der Waals surface area contributed by atoms with E-state index in [2.05, 4.69) is 16.0 Å². The molecule has 0 heterocycles. The molecule has 0 spiro atoms. The minimum absolute atomic E-state index is 0.0588. The summed E-state index contributed by atoms with van der Waals surface area (Å²) in [6.45, 7) is 7.56. The standard InChI is InChI=1S/C26H42N4O5S/c1-6-16(3)21(27)24(32)30-22(17(4)7-2)25(33)29-20(15-18-11-9-8-10-12-18)23(31)28-19(26(34)35)13-14-36-5/h8-12,16-17,19-22H,6-7,13-15,27H2,1-5H3,(H,28,31)(H,29,33)(H,30,32)(H,34,35). The van der Waals surface area contributed by atoms with Crippen LogP contribution in [0.25, 0.3) is 0 Å². The highest BCUT2D eigenvalue weighted by molar-refractivity contribution is 7.98. The second-order valence-corrected chi connectivity index (χ2v) is 10.2. The first-order chi connectivity index (χ1) is 17.0. The van der Waals surface area contributed by atoms with E-state index in [1.807, 2.05) is 64.3 Å². The monoisotopic (exact) mass is 522 g/mol. The number of amides is 3. The average Bonchev–Trinajstić information content (AvgIpc) is 2.87. The van der Waals surface area contributed by atoms with Gasteiger partial charge in [0.1, 0.15) is 18.1 Å². The SMILES string of the molecule is CCC(C)C(N)C(=O)NC(C(=O)NC(Cc1ccccc1)C(=O)NC(CCSC)C(=O)O)C(C)CC. The normalized spacial score (nSPS) is 16.1. The summed E-state index contributed by atoms with van der Waals surface area (Å²) >= 11 is 1.48. The second kappa shape index (κ2) is 16.2. The van der Waals surface area contributed by atoms with Crippen molar-refractivity contribution in [3.8, 4) is 0 Å². The van der Waals surface area contributed by atoms with Gasteiger partial charge in [-0.3, -0.25) is 14.4 Å². The fraction of sp³-hybridized carbons (Fsp3) is 0.615. The van der Waals surface area contributed by atoms with Gasteiger partial charge in [-0.05, 0) is 35.8 Å². The molecule has 0 saturated carbocycles. The number of carboxylic acid groups (broad SMARTS) is 1. The van der Waals surface area contributed by atoms with Gasteiger partial charge in [0.05, 0.1) is 6.04 Å². The van der Waals surface area contributed by atoms with Gasteiger partial charge in [0, 0.05) is 6.42 Å². The number of carbonyl (C=O) groups excluding carboxylic acids is 3. The van der Waals surface area contributed by atoms with Crippen molar-refractivity contribution >= 4 is 35.5 Å². The van der Waals surface area contributed by atoms with E-state index in [1.54, 1.807) is 0 Å². The zero-order valence-corrected chi connectivity index (χ0v) is 22.8.